The standard InChI is InChI=1S/C20H29F3N4O2/c1-14-12-17(20(21,22)23)24-27(14)13-18(28)26-11-6-4-3-5-10-25(2)19(29)15-8-7-9-16(15)26/h12,15-16H,3-11,13H2,1-2H3. The number of nitrogens with zero attached hydrogens (tertiary/aromatic N) is 4. The van der Waals surface area contributed by atoms with Crippen molar-refractivity contribution in [1.82, 2.24) is 19.6 Å². The summed E-state index contributed by atoms with van der Waals surface area (Å²) in [5, 5.41) is 3.59. The number of amides is 2. The first kappa shape index (κ1) is 21.6. The lowest BCUT2D eigenvalue weighted by Crippen LogP contribution is -2.48. The Kier molecular flexibility index (Phi) is 6.53. The van der Waals surface area contributed by atoms with E-state index in [-0.39, 0.29) is 30.3 Å². The minimum absolute atomic E-state index is 0.0711. The van der Waals surface area contributed by atoms with E-state index in [9.17, 15) is 22.8 Å². The Bertz CT molecular complexity index is 747. The van der Waals surface area contributed by atoms with Gasteiger partial charge in [0.1, 0.15) is 6.54 Å². The van der Waals surface area contributed by atoms with Gasteiger partial charge in [-0.15, -0.1) is 0 Å². The highest BCUT2D eigenvalue weighted by molar-refractivity contribution is 5.82. The van der Waals surface area contributed by atoms with E-state index < -0.39 is 11.9 Å². The number of aromatic nitrogens is 2. The molecule has 2 unspecified atom stereocenters. The molecule has 0 radical (unpaired) electrons. The predicted molar refractivity (Wildman–Crippen MR) is 101 cm³/mol. The zero-order chi connectivity index (χ0) is 21.2. The Hall–Kier alpha value is -2.06. The predicted octanol–water partition coefficient (Wildman–Crippen LogP) is 3.24. The molecule has 1 aromatic heterocycles. The molecule has 2 heterocycles. The minimum atomic E-state index is -4.54. The van der Waals surface area contributed by atoms with Crippen molar-refractivity contribution in [3.05, 3.63) is 17.5 Å². The fourth-order valence-electron chi connectivity index (χ4n) is 4.48. The van der Waals surface area contributed by atoms with Gasteiger partial charge in [0.2, 0.25) is 11.8 Å². The molecule has 1 saturated carbocycles. The molecule has 2 amide bonds. The Labute approximate surface area is 169 Å². The monoisotopic (exact) mass is 414 g/mol. The van der Waals surface area contributed by atoms with Crippen LogP contribution in [0.15, 0.2) is 6.07 Å². The molecule has 1 aliphatic heterocycles. The van der Waals surface area contributed by atoms with Crippen LogP contribution in [-0.2, 0) is 22.3 Å². The quantitative estimate of drug-likeness (QED) is 0.747. The number of alkyl halides is 3. The van der Waals surface area contributed by atoms with Crippen LogP contribution in [0.3, 0.4) is 0 Å². The van der Waals surface area contributed by atoms with Crippen LogP contribution < -0.4 is 0 Å². The summed E-state index contributed by atoms with van der Waals surface area (Å²) < 4.78 is 39.9. The molecule has 0 aromatic carbocycles. The topological polar surface area (TPSA) is 58.4 Å². The van der Waals surface area contributed by atoms with E-state index in [1.165, 1.54) is 6.92 Å². The first-order valence-electron chi connectivity index (χ1n) is 10.3. The van der Waals surface area contributed by atoms with E-state index >= 15 is 0 Å². The fraction of sp³-hybridized carbons (Fsp3) is 0.750. The van der Waals surface area contributed by atoms with E-state index in [4.69, 9.17) is 0 Å². The van der Waals surface area contributed by atoms with Crippen LogP contribution in [0.1, 0.15) is 56.3 Å². The van der Waals surface area contributed by atoms with Crippen molar-refractivity contribution in [3.8, 4) is 0 Å². The molecule has 6 nitrogen and oxygen atoms in total. The maximum Gasteiger partial charge on any atom is 0.435 e. The van der Waals surface area contributed by atoms with Crippen molar-refractivity contribution in [1.29, 1.82) is 0 Å². The molecule has 2 aliphatic rings. The first-order chi connectivity index (χ1) is 13.7. The second-order valence-electron chi connectivity index (χ2n) is 8.19. The molecular formula is C20H29F3N4O2. The third kappa shape index (κ3) is 4.93. The SMILES string of the molecule is Cc1cc(C(F)(F)F)nn1CC(=O)N1CCCCCCN(C)C(=O)C2CCCC21. The Morgan fingerprint density at radius 3 is 2.48 bits per heavy atom. The van der Waals surface area contributed by atoms with Gasteiger partial charge < -0.3 is 9.80 Å². The van der Waals surface area contributed by atoms with Crippen LogP contribution >= 0.6 is 0 Å². The maximum absolute atomic E-state index is 13.1. The zero-order valence-electron chi connectivity index (χ0n) is 17.0. The van der Waals surface area contributed by atoms with Gasteiger partial charge in [0.25, 0.3) is 0 Å². The second kappa shape index (κ2) is 8.75. The van der Waals surface area contributed by atoms with Crippen LogP contribution in [0.5, 0.6) is 0 Å². The second-order valence-corrected chi connectivity index (χ2v) is 8.19. The summed E-state index contributed by atoms with van der Waals surface area (Å²) in [6, 6.07) is 0.769. The highest BCUT2D eigenvalue weighted by Crippen LogP contribution is 2.33. The minimum Gasteiger partial charge on any atom is -0.345 e. The normalized spacial score (nSPS) is 24.4. The summed E-state index contributed by atoms with van der Waals surface area (Å²) in [5.74, 6) is -0.426. The molecular weight excluding hydrogens is 385 g/mol. The summed E-state index contributed by atoms with van der Waals surface area (Å²) in [7, 11) is 1.81. The Balaban J connectivity index is 1.81. The molecule has 1 aromatic rings. The molecule has 0 spiro atoms. The molecule has 3 rings (SSSR count). The average molecular weight is 414 g/mol. The average Bonchev–Trinajstić information content (AvgIpc) is 3.26. The van der Waals surface area contributed by atoms with Gasteiger partial charge in [0.15, 0.2) is 5.69 Å². The summed E-state index contributed by atoms with van der Waals surface area (Å²) >= 11 is 0. The highest BCUT2D eigenvalue weighted by Gasteiger charge is 2.40. The molecule has 2 atom stereocenters. The van der Waals surface area contributed by atoms with Gasteiger partial charge in [-0.1, -0.05) is 19.3 Å². The fourth-order valence-corrected chi connectivity index (χ4v) is 4.48. The van der Waals surface area contributed by atoms with Crippen molar-refractivity contribution in [3.63, 3.8) is 0 Å². The summed E-state index contributed by atoms with van der Waals surface area (Å²) in [4.78, 5) is 29.5. The van der Waals surface area contributed by atoms with Crippen LogP contribution in [0.25, 0.3) is 0 Å². The van der Waals surface area contributed by atoms with E-state index in [0.29, 0.717) is 12.2 Å². The van der Waals surface area contributed by atoms with Crippen molar-refractivity contribution < 1.29 is 22.8 Å². The zero-order valence-corrected chi connectivity index (χ0v) is 17.0. The summed E-state index contributed by atoms with van der Waals surface area (Å²) in [5.41, 5.74) is -0.696. The van der Waals surface area contributed by atoms with Gasteiger partial charge in [-0.2, -0.15) is 18.3 Å². The largest absolute Gasteiger partial charge is 0.435 e. The number of carbonyl (C=O) groups is 2. The van der Waals surface area contributed by atoms with Gasteiger partial charge in [-0.05, 0) is 38.7 Å². The van der Waals surface area contributed by atoms with Crippen LogP contribution in [0, 0.1) is 12.8 Å². The number of aryl methyl sites for hydroxylation is 1. The third-order valence-corrected chi connectivity index (χ3v) is 6.09. The molecule has 29 heavy (non-hydrogen) atoms. The number of halogens is 3. The van der Waals surface area contributed by atoms with Crippen molar-refractivity contribution in [2.24, 2.45) is 5.92 Å². The third-order valence-electron chi connectivity index (χ3n) is 6.09. The van der Waals surface area contributed by atoms with Crippen molar-refractivity contribution in [2.75, 3.05) is 20.1 Å². The highest BCUT2D eigenvalue weighted by atomic mass is 19.4. The van der Waals surface area contributed by atoms with Crippen LogP contribution in [0.4, 0.5) is 13.2 Å². The van der Waals surface area contributed by atoms with Gasteiger partial charge in [0, 0.05) is 31.9 Å². The van der Waals surface area contributed by atoms with Crippen molar-refractivity contribution >= 4 is 11.8 Å². The lowest BCUT2D eigenvalue weighted by molar-refractivity contribution is -0.143. The number of hydrogen-bond donors (Lipinski definition) is 0. The van der Waals surface area contributed by atoms with E-state index in [1.807, 2.05) is 7.05 Å². The molecule has 162 valence electrons. The Morgan fingerprint density at radius 1 is 1.14 bits per heavy atom. The molecule has 0 N–H and O–H groups in total. The number of rotatable bonds is 2. The lowest BCUT2D eigenvalue weighted by atomic mass is 9.99. The first-order valence-corrected chi connectivity index (χ1v) is 10.3. The number of hydrogen-bond acceptors (Lipinski definition) is 3. The van der Waals surface area contributed by atoms with Gasteiger partial charge >= 0.3 is 6.18 Å². The smallest absolute Gasteiger partial charge is 0.345 e. The summed E-state index contributed by atoms with van der Waals surface area (Å²) in [6.07, 6.45) is 1.56. The van der Waals surface area contributed by atoms with E-state index in [0.717, 1.165) is 62.2 Å². The number of carbonyl (C=O) groups excluding carboxylic acids is 2. The van der Waals surface area contributed by atoms with Crippen LogP contribution in [-0.4, -0.2) is 57.6 Å². The molecule has 0 bridgehead atoms. The lowest BCUT2D eigenvalue weighted by Gasteiger charge is -2.34. The van der Waals surface area contributed by atoms with Gasteiger partial charge in [-0.3, -0.25) is 14.3 Å². The number of fused-ring (bicyclic) bond motifs is 1. The molecule has 1 saturated heterocycles. The van der Waals surface area contributed by atoms with E-state index in [2.05, 4.69) is 5.10 Å². The maximum atomic E-state index is 13.1. The van der Waals surface area contributed by atoms with Crippen molar-refractivity contribution in [2.45, 2.75) is 70.6 Å². The van der Waals surface area contributed by atoms with Gasteiger partial charge in [-0.25, -0.2) is 0 Å². The molecule has 1 aliphatic carbocycles. The van der Waals surface area contributed by atoms with Crippen LogP contribution in [0.2, 0.25) is 0 Å². The van der Waals surface area contributed by atoms with E-state index in [1.54, 1.807) is 9.80 Å². The Morgan fingerprint density at radius 2 is 1.83 bits per heavy atom. The molecule has 2 fully saturated rings. The van der Waals surface area contributed by atoms with Gasteiger partial charge in [0.05, 0.1) is 5.92 Å². The summed E-state index contributed by atoms with van der Waals surface area (Å²) in [6.45, 7) is 2.53. The molecule has 9 heteroatoms.